The lowest BCUT2D eigenvalue weighted by atomic mass is 10.2. The van der Waals surface area contributed by atoms with E-state index in [0.717, 1.165) is 0 Å². The molecule has 1 aromatic rings. The molecule has 1 saturated heterocycles. The van der Waals surface area contributed by atoms with Gasteiger partial charge in [0, 0.05) is 20.2 Å². The summed E-state index contributed by atoms with van der Waals surface area (Å²) in [6.07, 6.45) is -1.14. The molecule has 1 aliphatic rings. The number of cyclic esters (lactones) is 1. The van der Waals surface area contributed by atoms with Crippen LogP contribution in [0.1, 0.15) is 6.92 Å². The SMILES string of the molecule is CCOCCN(C)c1ccc(N2CC(CO)OC2=O)cc1F. The second kappa shape index (κ2) is 7.42. The molecule has 0 bridgehead atoms. The van der Waals surface area contributed by atoms with Gasteiger partial charge in [-0.2, -0.15) is 0 Å². The number of nitrogens with zero attached hydrogens (tertiary/aromatic N) is 2. The van der Waals surface area contributed by atoms with Gasteiger partial charge in [-0.25, -0.2) is 9.18 Å². The number of hydrogen-bond acceptors (Lipinski definition) is 5. The van der Waals surface area contributed by atoms with E-state index in [1.54, 1.807) is 24.1 Å². The van der Waals surface area contributed by atoms with E-state index in [-0.39, 0.29) is 13.2 Å². The maximum atomic E-state index is 14.3. The number of anilines is 2. The predicted molar refractivity (Wildman–Crippen MR) is 80.9 cm³/mol. The average Bonchev–Trinajstić information content (AvgIpc) is 2.88. The summed E-state index contributed by atoms with van der Waals surface area (Å²) in [6.45, 7) is 3.59. The molecule has 6 nitrogen and oxygen atoms in total. The second-order valence-corrected chi connectivity index (χ2v) is 5.05. The van der Waals surface area contributed by atoms with Crippen molar-refractivity contribution in [2.24, 2.45) is 0 Å². The van der Waals surface area contributed by atoms with Crippen molar-refractivity contribution < 1.29 is 23.8 Å². The van der Waals surface area contributed by atoms with Crippen LogP contribution < -0.4 is 9.80 Å². The van der Waals surface area contributed by atoms with E-state index in [2.05, 4.69) is 0 Å². The first kappa shape index (κ1) is 16.5. The minimum Gasteiger partial charge on any atom is -0.441 e. The molecule has 1 heterocycles. The zero-order valence-electron chi connectivity index (χ0n) is 12.8. The van der Waals surface area contributed by atoms with Crippen LogP contribution in [0.25, 0.3) is 0 Å². The molecular weight excluding hydrogens is 291 g/mol. The highest BCUT2D eigenvalue weighted by Crippen LogP contribution is 2.27. The topological polar surface area (TPSA) is 62.2 Å². The number of aliphatic hydroxyl groups is 1. The molecule has 0 aliphatic carbocycles. The van der Waals surface area contributed by atoms with Gasteiger partial charge < -0.3 is 19.5 Å². The lowest BCUT2D eigenvalue weighted by Crippen LogP contribution is -2.26. The number of benzene rings is 1. The minimum absolute atomic E-state index is 0.217. The first-order valence-electron chi connectivity index (χ1n) is 7.24. The van der Waals surface area contributed by atoms with Crippen LogP contribution in [-0.4, -0.2) is 57.3 Å². The fourth-order valence-electron chi connectivity index (χ4n) is 2.27. The van der Waals surface area contributed by atoms with Crippen molar-refractivity contribution in [1.29, 1.82) is 0 Å². The highest BCUT2D eigenvalue weighted by Gasteiger charge is 2.32. The fourth-order valence-corrected chi connectivity index (χ4v) is 2.27. The van der Waals surface area contributed by atoms with E-state index >= 15 is 0 Å². The molecule has 0 radical (unpaired) electrons. The Hall–Kier alpha value is -1.86. The van der Waals surface area contributed by atoms with Crippen LogP contribution in [-0.2, 0) is 9.47 Å². The van der Waals surface area contributed by atoms with Crippen LogP contribution in [0.3, 0.4) is 0 Å². The molecule has 1 amide bonds. The Labute approximate surface area is 129 Å². The summed E-state index contributed by atoms with van der Waals surface area (Å²) >= 11 is 0. The fraction of sp³-hybridized carbons (Fsp3) is 0.533. The van der Waals surface area contributed by atoms with E-state index in [0.29, 0.717) is 31.1 Å². The molecule has 1 N–H and O–H groups in total. The minimum atomic E-state index is -0.573. The second-order valence-electron chi connectivity index (χ2n) is 5.05. The third-order valence-corrected chi connectivity index (χ3v) is 3.51. The molecule has 0 spiro atoms. The molecule has 0 saturated carbocycles. The van der Waals surface area contributed by atoms with Crippen LogP contribution in [0.15, 0.2) is 18.2 Å². The molecule has 22 heavy (non-hydrogen) atoms. The number of ether oxygens (including phenoxy) is 2. The van der Waals surface area contributed by atoms with Gasteiger partial charge in [-0.3, -0.25) is 4.90 Å². The largest absolute Gasteiger partial charge is 0.441 e. The van der Waals surface area contributed by atoms with Crippen LogP contribution in [0.2, 0.25) is 0 Å². The van der Waals surface area contributed by atoms with Crippen molar-refractivity contribution in [3.8, 4) is 0 Å². The van der Waals surface area contributed by atoms with Gasteiger partial charge in [-0.1, -0.05) is 0 Å². The van der Waals surface area contributed by atoms with Gasteiger partial charge in [0.25, 0.3) is 0 Å². The lowest BCUT2D eigenvalue weighted by Gasteiger charge is -2.21. The van der Waals surface area contributed by atoms with Crippen LogP contribution in [0, 0.1) is 5.82 Å². The van der Waals surface area contributed by atoms with Gasteiger partial charge >= 0.3 is 6.09 Å². The number of likely N-dealkylation sites (N-methyl/N-ethyl adjacent to an activating group) is 1. The van der Waals surface area contributed by atoms with Gasteiger partial charge in [-0.05, 0) is 25.1 Å². The van der Waals surface area contributed by atoms with E-state index < -0.39 is 18.0 Å². The third kappa shape index (κ3) is 3.66. The normalized spacial score (nSPS) is 17.7. The maximum Gasteiger partial charge on any atom is 0.414 e. The number of carbonyl (C=O) groups excluding carboxylic acids is 1. The van der Waals surface area contributed by atoms with E-state index in [4.69, 9.17) is 14.6 Å². The first-order valence-corrected chi connectivity index (χ1v) is 7.24. The summed E-state index contributed by atoms with van der Waals surface area (Å²) < 4.78 is 24.5. The highest BCUT2D eigenvalue weighted by molar-refractivity contribution is 5.90. The summed E-state index contributed by atoms with van der Waals surface area (Å²) in [7, 11) is 1.78. The molecule has 0 aromatic heterocycles. The van der Waals surface area contributed by atoms with Gasteiger partial charge in [-0.15, -0.1) is 0 Å². The number of amides is 1. The average molecular weight is 312 g/mol. The highest BCUT2D eigenvalue weighted by atomic mass is 19.1. The number of rotatable bonds is 7. The zero-order chi connectivity index (χ0) is 16.1. The van der Waals surface area contributed by atoms with E-state index in [1.807, 2.05) is 6.92 Å². The van der Waals surface area contributed by atoms with Crippen LogP contribution >= 0.6 is 0 Å². The molecule has 7 heteroatoms. The maximum absolute atomic E-state index is 14.3. The Bertz CT molecular complexity index is 526. The Kier molecular flexibility index (Phi) is 5.57. The summed E-state index contributed by atoms with van der Waals surface area (Å²) in [5, 5.41) is 9.03. The number of halogens is 1. The molecule has 122 valence electrons. The monoisotopic (exact) mass is 312 g/mol. The molecule has 1 unspecified atom stereocenters. The van der Waals surface area contributed by atoms with Crippen molar-refractivity contribution in [2.45, 2.75) is 13.0 Å². The third-order valence-electron chi connectivity index (χ3n) is 3.51. The Morgan fingerprint density at radius 1 is 1.55 bits per heavy atom. The zero-order valence-corrected chi connectivity index (χ0v) is 12.8. The van der Waals surface area contributed by atoms with E-state index in [1.165, 1.54) is 11.0 Å². The van der Waals surface area contributed by atoms with Gasteiger partial charge in [0.15, 0.2) is 0 Å². The molecule has 2 rings (SSSR count). The Morgan fingerprint density at radius 3 is 2.91 bits per heavy atom. The van der Waals surface area contributed by atoms with Crippen molar-refractivity contribution in [2.75, 3.05) is 49.8 Å². The molecule has 1 atom stereocenters. The van der Waals surface area contributed by atoms with Crippen molar-refractivity contribution in [3.05, 3.63) is 24.0 Å². The van der Waals surface area contributed by atoms with Gasteiger partial charge in [0.2, 0.25) is 0 Å². The summed E-state index contributed by atoms with van der Waals surface area (Å²) in [4.78, 5) is 14.8. The molecule has 1 aliphatic heterocycles. The molecular formula is C15H21FN2O4. The first-order chi connectivity index (χ1) is 10.6. The number of aliphatic hydroxyl groups excluding tert-OH is 1. The quantitative estimate of drug-likeness (QED) is 0.775. The number of hydrogen-bond donors (Lipinski definition) is 1. The van der Waals surface area contributed by atoms with Crippen LogP contribution in [0.4, 0.5) is 20.6 Å². The van der Waals surface area contributed by atoms with Gasteiger partial charge in [0.1, 0.15) is 11.9 Å². The van der Waals surface area contributed by atoms with Crippen molar-refractivity contribution in [3.63, 3.8) is 0 Å². The standard InChI is InChI=1S/C15H21FN2O4/c1-3-21-7-6-17(2)14-5-4-11(8-13(14)16)18-9-12(10-19)22-15(18)20/h4-5,8,12,19H,3,6-7,9-10H2,1-2H3. The van der Waals surface area contributed by atoms with E-state index in [9.17, 15) is 9.18 Å². The Balaban J connectivity index is 2.08. The van der Waals surface area contributed by atoms with Crippen molar-refractivity contribution in [1.82, 2.24) is 0 Å². The smallest absolute Gasteiger partial charge is 0.414 e. The summed E-state index contributed by atoms with van der Waals surface area (Å²) in [5.74, 6) is -0.420. The number of carbonyl (C=O) groups is 1. The van der Waals surface area contributed by atoms with Crippen molar-refractivity contribution >= 4 is 17.5 Å². The van der Waals surface area contributed by atoms with Gasteiger partial charge in [0.05, 0.1) is 31.1 Å². The van der Waals surface area contributed by atoms with Crippen LogP contribution in [0.5, 0.6) is 0 Å². The predicted octanol–water partition coefficient (Wildman–Crippen LogP) is 1.62. The summed E-state index contributed by atoms with van der Waals surface area (Å²) in [5.41, 5.74) is 0.857. The summed E-state index contributed by atoms with van der Waals surface area (Å²) in [6, 6.07) is 4.58. The lowest BCUT2D eigenvalue weighted by molar-refractivity contribution is 0.0963. The molecule has 1 aromatic carbocycles. The Morgan fingerprint density at radius 2 is 2.32 bits per heavy atom. The molecule has 1 fully saturated rings.